The van der Waals surface area contributed by atoms with Crippen LogP contribution in [0.25, 0.3) is 0 Å². The number of benzene rings is 1. The summed E-state index contributed by atoms with van der Waals surface area (Å²) < 4.78 is 1.90. The van der Waals surface area contributed by atoms with Crippen LogP contribution in [0, 0.1) is 13.8 Å². The molecule has 0 saturated heterocycles. The maximum atomic E-state index is 4.74. The average molecular weight is 291 g/mol. The van der Waals surface area contributed by atoms with E-state index >= 15 is 0 Å². The van der Waals surface area contributed by atoms with Gasteiger partial charge in [0.1, 0.15) is 5.82 Å². The molecule has 5 heteroatoms. The molecule has 1 N–H and O–H groups in total. The van der Waals surface area contributed by atoms with Crippen LogP contribution in [0.5, 0.6) is 0 Å². The molecular formula is C15H19ClN4. The Hall–Kier alpha value is -1.81. The van der Waals surface area contributed by atoms with Crippen LogP contribution in [-0.2, 0) is 7.05 Å². The maximum absolute atomic E-state index is 4.74. The third-order valence-corrected chi connectivity index (χ3v) is 3.46. The van der Waals surface area contributed by atoms with Gasteiger partial charge in [0.2, 0.25) is 0 Å². The molecule has 2 heterocycles. The number of fused-ring (bicyclic) bond motifs is 1. The average Bonchev–Trinajstić information content (AvgIpc) is 2.58. The topological polar surface area (TPSA) is 42.2 Å². The van der Waals surface area contributed by atoms with Gasteiger partial charge in [0, 0.05) is 19.2 Å². The number of halogens is 1. The number of hydrogen-bond acceptors (Lipinski definition) is 3. The van der Waals surface area contributed by atoms with Crippen molar-refractivity contribution in [2.45, 2.75) is 13.8 Å². The zero-order valence-electron chi connectivity index (χ0n) is 12.0. The van der Waals surface area contributed by atoms with E-state index in [-0.39, 0.29) is 12.4 Å². The summed E-state index contributed by atoms with van der Waals surface area (Å²) in [5.41, 5.74) is 5.62. The number of anilines is 1. The molecule has 2 aromatic rings. The lowest BCUT2D eigenvalue weighted by Gasteiger charge is -2.07. The number of aliphatic imine (C=N–C) groups is 1. The second-order valence-electron chi connectivity index (χ2n) is 4.96. The third kappa shape index (κ3) is 2.43. The Morgan fingerprint density at radius 1 is 1.15 bits per heavy atom. The van der Waals surface area contributed by atoms with E-state index < -0.39 is 0 Å². The highest BCUT2D eigenvalue weighted by Crippen LogP contribution is 2.25. The van der Waals surface area contributed by atoms with Crippen LogP contribution in [0.3, 0.4) is 0 Å². The zero-order valence-corrected chi connectivity index (χ0v) is 12.8. The van der Waals surface area contributed by atoms with Crippen LogP contribution in [0.1, 0.15) is 22.4 Å². The minimum atomic E-state index is 0. The van der Waals surface area contributed by atoms with Crippen LogP contribution >= 0.6 is 12.4 Å². The Morgan fingerprint density at radius 2 is 1.85 bits per heavy atom. The fourth-order valence-electron chi connectivity index (χ4n) is 2.51. The lowest BCUT2D eigenvalue weighted by molar-refractivity contribution is 0.758. The van der Waals surface area contributed by atoms with Crippen LogP contribution < -0.4 is 5.32 Å². The van der Waals surface area contributed by atoms with Gasteiger partial charge < -0.3 is 5.32 Å². The molecule has 0 radical (unpaired) electrons. The molecule has 106 valence electrons. The van der Waals surface area contributed by atoms with Crippen LogP contribution in [0.15, 0.2) is 29.3 Å². The van der Waals surface area contributed by atoms with Gasteiger partial charge in [-0.25, -0.2) is 0 Å². The first-order valence-electron chi connectivity index (χ1n) is 6.56. The highest BCUT2D eigenvalue weighted by atomic mass is 35.5. The van der Waals surface area contributed by atoms with Crippen molar-refractivity contribution in [1.82, 2.24) is 9.78 Å². The van der Waals surface area contributed by atoms with Crippen LogP contribution in [-0.4, -0.2) is 28.6 Å². The van der Waals surface area contributed by atoms with Crippen molar-refractivity contribution in [3.05, 3.63) is 46.6 Å². The summed E-state index contributed by atoms with van der Waals surface area (Å²) in [5, 5.41) is 7.91. The fraction of sp³-hybridized carbons (Fsp3) is 0.333. The molecule has 4 nitrogen and oxygen atoms in total. The molecule has 0 amide bonds. The summed E-state index contributed by atoms with van der Waals surface area (Å²) in [6, 6.07) is 8.52. The van der Waals surface area contributed by atoms with Crippen LogP contribution in [0.4, 0.5) is 5.82 Å². The van der Waals surface area contributed by atoms with Crippen molar-refractivity contribution in [1.29, 1.82) is 0 Å². The number of nitrogens with one attached hydrogen (secondary N) is 1. The van der Waals surface area contributed by atoms with E-state index in [1.165, 1.54) is 5.56 Å². The van der Waals surface area contributed by atoms with Gasteiger partial charge >= 0.3 is 0 Å². The van der Waals surface area contributed by atoms with E-state index in [9.17, 15) is 0 Å². The molecule has 1 aliphatic heterocycles. The molecule has 0 unspecified atom stereocenters. The van der Waals surface area contributed by atoms with Gasteiger partial charge in [0.25, 0.3) is 0 Å². The molecule has 20 heavy (non-hydrogen) atoms. The van der Waals surface area contributed by atoms with Gasteiger partial charge in [-0.15, -0.1) is 12.4 Å². The molecule has 0 fully saturated rings. The summed E-state index contributed by atoms with van der Waals surface area (Å²) in [4.78, 5) is 4.74. The first-order valence-corrected chi connectivity index (χ1v) is 6.56. The van der Waals surface area contributed by atoms with E-state index in [4.69, 9.17) is 4.99 Å². The molecule has 0 aliphatic carbocycles. The van der Waals surface area contributed by atoms with Crippen molar-refractivity contribution in [2.24, 2.45) is 12.0 Å². The molecule has 3 rings (SSSR count). The lowest BCUT2D eigenvalue weighted by atomic mass is 10.0. The lowest BCUT2D eigenvalue weighted by Crippen LogP contribution is -2.08. The summed E-state index contributed by atoms with van der Waals surface area (Å²) >= 11 is 0. The minimum absolute atomic E-state index is 0. The van der Waals surface area contributed by atoms with E-state index in [1.54, 1.807) is 0 Å². The summed E-state index contributed by atoms with van der Waals surface area (Å²) in [5.74, 6) is 1.06. The highest BCUT2D eigenvalue weighted by molar-refractivity contribution is 6.16. The molecule has 1 aromatic heterocycles. The SMILES string of the molecule is Cc1ccc(C2=NCCNc3c2c(C)nn3C)cc1.Cl. The van der Waals surface area contributed by atoms with Gasteiger partial charge in [-0.05, 0) is 13.8 Å². The quantitative estimate of drug-likeness (QED) is 0.877. The minimum Gasteiger partial charge on any atom is -0.368 e. The van der Waals surface area contributed by atoms with Gasteiger partial charge in [0.05, 0.1) is 23.5 Å². The first-order chi connectivity index (χ1) is 9.16. The standard InChI is InChI=1S/C15H18N4.ClH/c1-10-4-6-12(7-5-10)14-13-11(2)18-19(3)15(13)17-9-8-16-14;/h4-7,17H,8-9H2,1-3H3;1H. The number of hydrogen-bond donors (Lipinski definition) is 1. The van der Waals surface area contributed by atoms with Crippen molar-refractivity contribution in [3.63, 3.8) is 0 Å². The van der Waals surface area contributed by atoms with Gasteiger partial charge in [-0.1, -0.05) is 29.8 Å². The maximum Gasteiger partial charge on any atom is 0.133 e. The number of aromatic nitrogens is 2. The molecule has 0 atom stereocenters. The first kappa shape index (κ1) is 14.6. The Labute approximate surface area is 125 Å². The summed E-state index contributed by atoms with van der Waals surface area (Å²) in [7, 11) is 1.97. The Morgan fingerprint density at radius 3 is 2.55 bits per heavy atom. The van der Waals surface area contributed by atoms with E-state index in [0.29, 0.717) is 0 Å². The molecule has 1 aliphatic rings. The van der Waals surface area contributed by atoms with Crippen molar-refractivity contribution >= 4 is 23.9 Å². The largest absolute Gasteiger partial charge is 0.368 e. The Balaban J connectivity index is 0.00000147. The predicted molar refractivity (Wildman–Crippen MR) is 85.4 cm³/mol. The summed E-state index contributed by atoms with van der Waals surface area (Å²) in [6.07, 6.45) is 0. The normalized spacial score (nSPS) is 13.7. The third-order valence-electron chi connectivity index (χ3n) is 3.46. The van der Waals surface area contributed by atoms with Crippen LogP contribution in [0.2, 0.25) is 0 Å². The van der Waals surface area contributed by atoms with Gasteiger partial charge in [-0.2, -0.15) is 5.10 Å². The number of nitrogens with zero attached hydrogens (tertiary/aromatic N) is 3. The number of rotatable bonds is 1. The highest BCUT2D eigenvalue weighted by Gasteiger charge is 2.21. The van der Waals surface area contributed by atoms with Gasteiger partial charge in [0.15, 0.2) is 0 Å². The number of aryl methyl sites for hydroxylation is 3. The molecule has 0 saturated carbocycles. The smallest absolute Gasteiger partial charge is 0.133 e. The van der Waals surface area contributed by atoms with Gasteiger partial charge in [-0.3, -0.25) is 9.67 Å². The van der Waals surface area contributed by atoms with E-state index in [2.05, 4.69) is 41.6 Å². The monoisotopic (exact) mass is 290 g/mol. The zero-order chi connectivity index (χ0) is 13.4. The molecule has 0 spiro atoms. The van der Waals surface area contributed by atoms with E-state index in [0.717, 1.165) is 41.4 Å². The van der Waals surface area contributed by atoms with Crippen molar-refractivity contribution in [2.75, 3.05) is 18.4 Å². The second-order valence-corrected chi connectivity index (χ2v) is 4.96. The Bertz CT molecular complexity index is 641. The molecule has 0 bridgehead atoms. The second kappa shape index (κ2) is 5.67. The molecular weight excluding hydrogens is 272 g/mol. The predicted octanol–water partition coefficient (Wildman–Crippen LogP) is 2.72. The van der Waals surface area contributed by atoms with E-state index in [1.807, 2.05) is 18.7 Å². The van der Waals surface area contributed by atoms with Crippen molar-refractivity contribution < 1.29 is 0 Å². The Kier molecular flexibility index (Phi) is 4.14. The summed E-state index contributed by atoms with van der Waals surface area (Å²) in [6.45, 7) is 5.77. The van der Waals surface area contributed by atoms with Crippen molar-refractivity contribution in [3.8, 4) is 0 Å². The fourth-order valence-corrected chi connectivity index (χ4v) is 2.51. The molecule has 1 aromatic carbocycles.